The minimum Gasteiger partial charge on any atom is -0.480 e. The first kappa shape index (κ1) is 18.4. The van der Waals surface area contributed by atoms with Crippen molar-refractivity contribution in [2.75, 3.05) is 16.8 Å². The van der Waals surface area contributed by atoms with Crippen molar-refractivity contribution >= 4 is 39.1 Å². The van der Waals surface area contributed by atoms with Gasteiger partial charge < -0.3 is 15.0 Å². The molecule has 1 N–H and O–H groups in total. The molecule has 1 atom stereocenters. The Kier molecular flexibility index (Phi) is 5.56. The number of halogens is 2. The van der Waals surface area contributed by atoms with Gasteiger partial charge >= 0.3 is 0 Å². The van der Waals surface area contributed by atoms with Crippen LogP contribution in [0, 0.1) is 5.82 Å². The first-order valence-electron chi connectivity index (χ1n) is 8.27. The molecular weight excluding hydrogens is 403 g/mol. The fraction of sp³-hybridized carbons (Fsp3) is 0.263. The number of benzene rings is 2. The van der Waals surface area contributed by atoms with Crippen molar-refractivity contribution in [1.82, 2.24) is 0 Å². The lowest BCUT2D eigenvalue weighted by atomic mass is 10.2. The number of ether oxygens (including phenoxy) is 1. The van der Waals surface area contributed by atoms with Crippen molar-refractivity contribution in [3.63, 3.8) is 0 Å². The summed E-state index contributed by atoms with van der Waals surface area (Å²) in [7, 11) is 0. The molecule has 1 unspecified atom stereocenters. The van der Waals surface area contributed by atoms with Crippen LogP contribution < -0.4 is 15.0 Å². The minimum absolute atomic E-state index is 0.0892. The molecule has 136 valence electrons. The van der Waals surface area contributed by atoms with E-state index in [4.69, 9.17) is 4.74 Å². The lowest BCUT2D eigenvalue weighted by molar-refractivity contribution is -0.122. The van der Waals surface area contributed by atoms with Gasteiger partial charge in [0.1, 0.15) is 11.6 Å². The summed E-state index contributed by atoms with van der Waals surface area (Å²) in [6, 6.07) is 11.2. The van der Waals surface area contributed by atoms with E-state index in [0.717, 1.165) is 12.1 Å². The summed E-state index contributed by atoms with van der Waals surface area (Å²) >= 11 is 3.21. The lowest BCUT2D eigenvalue weighted by Gasteiger charge is -2.18. The lowest BCUT2D eigenvalue weighted by Crippen LogP contribution is -2.30. The van der Waals surface area contributed by atoms with E-state index in [9.17, 15) is 14.0 Å². The molecule has 0 aliphatic carbocycles. The predicted octanol–water partition coefficient (Wildman–Crippen LogP) is 4.12. The highest BCUT2D eigenvalue weighted by Crippen LogP contribution is 2.27. The molecule has 2 amide bonds. The van der Waals surface area contributed by atoms with Gasteiger partial charge in [-0.1, -0.05) is 6.07 Å². The van der Waals surface area contributed by atoms with Crippen LogP contribution in [-0.2, 0) is 9.59 Å². The summed E-state index contributed by atoms with van der Waals surface area (Å²) in [5, 5.41) is 2.78. The average Bonchev–Trinajstić information content (AvgIpc) is 3.03. The molecule has 2 aromatic rings. The van der Waals surface area contributed by atoms with Gasteiger partial charge in [-0.2, -0.15) is 0 Å². The molecule has 1 fully saturated rings. The Morgan fingerprint density at radius 1 is 1.31 bits per heavy atom. The van der Waals surface area contributed by atoms with Gasteiger partial charge in [0.2, 0.25) is 5.91 Å². The Morgan fingerprint density at radius 2 is 2.12 bits per heavy atom. The van der Waals surface area contributed by atoms with Crippen molar-refractivity contribution in [3.8, 4) is 5.75 Å². The fourth-order valence-corrected chi connectivity index (χ4v) is 3.18. The van der Waals surface area contributed by atoms with Gasteiger partial charge in [-0.25, -0.2) is 4.39 Å². The van der Waals surface area contributed by atoms with Crippen LogP contribution in [0.5, 0.6) is 5.75 Å². The third-order valence-electron chi connectivity index (χ3n) is 4.07. The molecule has 1 aliphatic rings. The van der Waals surface area contributed by atoms with Crippen molar-refractivity contribution in [2.45, 2.75) is 25.9 Å². The van der Waals surface area contributed by atoms with Gasteiger partial charge in [0.05, 0.1) is 4.47 Å². The number of carbonyl (C=O) groups excluding carboxylic acids is 2. The quantitative estimate of drug-likeness (QED) is 0.791. The molecule has 2 aromatic carbocycles. The van der Waals surface area contributed by atoms with E-state index in [2.05, 4.69) is 21.2 Å². The molecule has 1 aliphatic heterocycles. The zero-order valence-corrected chi connectivity index (χ0v) is 15.8. The standard InChI is InChI=1S/C19H18BrFN2O3/c1-12(26-17-8-7-13(21)10-16(17)20)19(25)22-14-4-2-5-15(11-14)23-9-3-6-18(23)24/h2,4-5,7-8,10-12H,3,6,9H2,1H3,(H,22,25). The number of hydrogen-bond donors (Lipinski definition) is 1. The first-order chi connectivity index (χ1) is 12.4. The van der Waals surface area contributed by atoms with E-state index in [0.29, 0.717) is 28.9 Å². The third-order valence-corrected chi connectivity index (χ3v) is 4.69. The van der Waals surface area contributed by atoms with Crippen LogP contribution in [-0.4, -0.2) is 24.5 Å². The molecule has 0 bridgehead atoms. The zero-order valence-electron chi connectivity index (χ0n) is 14.2. The summed E-state index contributed by atoms with van der Waals surface area (Å²) in [5.74, 6) is -0.266. The van der Waals surface area contributed by atoms with Crippen molar-refractivity contribution < 1.29 is 18.7 Å². The van der Waals surface area contributed by atoms with Crippen LogP contribution in [0.3, 0.4) is 0 Å². The van der Waals surface area contributed by atoms with E-state index in [1.165, 1.54) is 18.2 Å². The molecule has 0 radical (unpaired) electrons. The maximum absolute atomic E-state index is 13.1. The Morgan fingerprint density at radius 3 is 2.81 bits per heavy atom. The molecular formula is C19H18BrFN2O3. The Labute approximate surface area is 159 Å². The Hall–Kier alpha value is -2.41. The molecule has 1 heterocycles. The summed E-state index contributed by atoms with van der Waals surface area (Å²) in [6.07, 6.45) is 0.606. The number of anilines is 2. The zero-order chi connectivity index (χ0) is 18.7. The molecule has 3 rings (SSSR count). The van der Waals surface area contributed by atoms with Crippen LogP contribution >= 0.6 is 15.9 Å². The number of carbonyl (C=O) groups is 2. The molecule has 0 aromatic heterocycles. The number of nitrogens with zero attached hydrogens (tertiary/aromatic N) is 1. The maximum atomic E-state index is 13.1. The van der Waals surface area contributed by atoms with Crippen molar-refractivity contribution in [3.05, 3.63) is 52.8 Å². The van der Waals surface area contributed by atoms with Crippen LogP contribution in [0.15, 0.2) is 46.9 Å². The SMILES string of the molecule is CC(Oc1ccc(F)cc1Br)C(=O)Nc1cccc(N2CCCC2=O)c1. The molecule has 5 nitrogen and oxygen atoms in total. The number of rotatable bonds is 5. The largest absolute Gasteiger partial charge is 0.480 e. The summed E-state index contributed by atoms with van der Waals surface area (Å²) in [5.41, 5.74) is 1.35. The van der Waals surface area contributed by atoms with E-state index in [1.807, 2.05) is 6.07 Å². The predicted molar refractivity (Wildman–Crippen MR) is 101 cm³/mol. The fourth-order valence-electron chi connectivity index (χ4n) is 2.73. The van der Waals surface area contributed by atoms with Crippen molar-refractivity contribution in [1.29, 1.82) is 0 Å². The van der Waals surface area contributed by atoms with Gasteiger partial charge in [0.15, 0.2) is 6.10 Å². The van der Waals surface area contributed by atoms with Gasteiger partial charge in [-0.3, -0.25) is 9.59 Å². The summed E-state index contributed by atoms with van der Waals surface area (Å²) in [4.78, 5) is 26.0. The van der Waals surface area contributed by atoms with E-state index in [1.54, 1.807) is 30.0 Å². The maximum Gasteiger partial charge on any atom is 0.265 e. The molecule has 26 heavy (non-hydrogen) atoms. The van der Waals surface area contributed by atoms with E-state index < -0.39 is 11.9 Å². The third kappa shape index (κ3) is 4.22. The minimum atomic E-state index is -0.783. The van der Waals surface area contributed by atoms with E-state index in [-0.39, 0.29) is 11.8 Å². The highest BCUT2D eigenvalue weighted by molar-refractivity contribution is 9.10. The number of hydrogen-bond acceptors (Lipinski definition) is 3. The average molecular weight is 421 g/mol. The number of nitrogens with one attached hydrogen (secondary N) is 1. The molecule has 0 spiro atoms. The topological polar surface area (TPSA) is 58.6 Å². The summed E-state index contributed by atoms with van der Waals surface area (Å²) < 4.78 is 19.2. The van der Waals surface area contributed by atoms with Gasteiger partial charge in [0.25, 0.3) is 5.91 Å². The summed E-state index contributed by atoms with van der Waals surface area (Å²) in [6.45, 7) is 2.30. The first-order valence-corrected chi connectivity index (χ1v) is 9.06. The Bertz CT molecular complexity index is 843. The number of amides is 2. The highest BCUT2D eigenvalue weighted by Gasteiger charge is 2.22. The van der Waals surface area contributed by atoms with E-state index >= 15 is 0 Å². The van der Waals surface area contributed by atoms with Crippen LogP contribution in [0.2, 0.25) is 0 Å². The second-order valence-electron chi connectivity index (χ2n) is 6.02. The second kappa shape index (κ2) is 7.86. The van der Waals surface area contributed by atoms with Crippen molar-refractivity contribution in [2.24, 2.45) is 0 Å². The monoisotopic (exact) mass is 420 g/mol. The molecule has 0 saturated carbocycles. The smallest absolute Gasteiger partial charge is 0.265 e. The molecule has 7 heteroatoms. The van der Waals surface area contributed by atoms with Gasteiger partial charge in [0, 0.05) is 24.3 Å². The molecule has 1 saturated heterocycles. The highest BCUT2D eigenvalue weighted by atomic mass is 79.9. The second-order valence-corrected chi connectivity index (χ2v) is 6.88. The van der Waals surface area contributed by atoms with Gasteiger partial charge in [-0.15, -0.1) is 0 Å². The van der Waals surface area contributed by atoms with Crippen LogP contribution in [0.25, 0.3) is 0 Å². The van der Waals surface area contributed by atoms with Gasteiger partial charge in [-0.05, 0) is 65.7 Å². The van der Waals surface area contributed by atoms with Crippen LogP contribution in [0.1, 0.15) is 19.8 Å². The van der Waals surface area contributed by atoms with Crippen LogP contribution in [0.4, 0.5) is 15.8 Å². The normalized spacial score (nSPS) is 15.0. The Balaban J connectivity index is 1.66.